The number of amides is 1. The lowest BCUT2D eigenvalue weighted by molar-refractivity contribution is 0.0929. The Balaban J connectivity index is 2.28. The summed E-state index contributed by atoms with van der Waals surface area (Å²) in [6.07, 6.45) is 5.21. The molecule has 112 valence electrons. The molecule has 0 bridgehead atoms. The third-order valence-electron chi connectivity index (χ3n) is 3.48. The largest absolute Gasteiger partial charge is 0.348 e. The van der Waals surface area contributed by atoms with Crippen molar-refractivity contribution < 1.29 is 13.2 Å². The molecule has 1 aromatic rings. The minimum absolute atomic E-state index is 0.0992. The van der Waals surface area contributed by atoms with Gasteiger partial charge in [0.05, 0.1) is 5.69 Å². The van der Waals surface area contributed by atoms with Crippen LogP contribution in [0, 0.1) is 0 Å². The first-order chi connectivity index (χ1) is 9.43. The molecule has 0 atom stereocenters. The molecular formula is C12H20N4O3S. The molecule has 1 amide bonds. The Morgan fingerprint density at radius 2 is 2.10 bits per heavy atom. The van der Waals surface area contributed by atoms with Gasteiger partial charge >= 0.3 is 0 Å². The summed E-state index contributed by atoms with van der Waals surface area (Å²) in [5.74, 6) is -0.473. The van der Waals surface area contributed by atoms with Gasteiger partial charge in [-0.15, -0.1) is 0 Å². The molecule has 1 saturated carbocycles. The number of carbonyl (C=O) groups is 1. The van der Waals surface area contributed by atoms with Crippen LogP contribution >= 0.6 is 0 Å². The van der Waals surface area contributed by atoms with E-state index >= 15 is 0 Å². The molecule has 0 radical (unpaired) electrons. The first-order valence-corrected chi connectivity index (χ1v) is 8.39. The Hall–Kier alpha value is -1.41. The second-order valence-electron chi connectivity index (χ2n) is 5.13. The summed E-state index contributed by atoms with van der Waals surface area (Å²) in [5, 5.41) is 14.5. The fourth-order valence-electron chi connectivity index (χ4n) is 2.57. The highest BCUT2D eigenvalue weighted by atomic mass is 32.2. The minimum atomic E-state index is -3.98. The van der Waals surface area contributed by atoms with E-state index in [1.165, 1.54) is 0 Å². The molecule has 0 unspecified atom stereocenters. The lowest BCUT2D eigenvalue weighted by atomic mass is 10.2. The predicted octanol–water partition coefficient (Wildman–Crippen LogP) is 0.682. The highest BCUT2D eigenvalue weighted by Crippen LogP contribution is 2.21. The highest BCUT2D eigenvalue weighted by Gasteiger charge is 2.28. The molecule has 1 heterocycles. The molecule has 7 nitrogen and oxygen atoms in total. The Labute approximate surface area is 118 Å². The van der Waals surface area contributed by atoms with Crippen molar-refractivity contribution in [2.24, 2.45) is 5.14 Å². The van der Waals surface area contributed by atoms with Gasteiger partial charge in [-0.05, 0) is 19.3 Å². The third-order valence-corrected chi connectivity index (χ3v) is 4.49. The van der Waals surface area contributed by atoms with Gasteiger partial charge in [-0.3, -0.25) is 9.89 Å². The number of rotatable bonds is 5. The van der Waals surface area contributed by atoms with Crippen molar-refractivity contribution in [3.63, 3.8) is 0 Å². The van der Waals surface area contributed by atoms with E-state index in [-0.39, 0.29) is 16.6 Å². The number of hydrogen-bond donors (Lipinski definition) is 3. The zero-order valence-electron chi connectivity index (χ0n) is 11.5. The molecule has 4 N–H and O–H groups in total. The molecule has 8 heteroatoms. The van der Waals surface area contributed by atoms with Crippen molar-refractivity contribution in [2.45, 2.75) is 56.4 Å². The van der Waals surface area contributed by atoms with Crippen LogP contribution in [-0.2, 0) is 16.4 Å². The maximum atomic E-state index is 12.2. The zero-order valence-corrected chi connectivity index (χ0v) is 12.3. The number of carbonyl (C=O) groups excluding carboxylic acids is 1. The number of H-pyrrole nitrogens is 1. The van der Waals surface area contributed by atoms with E-state index in [0.717, 1.165) is 32.1 Å². The monoisotopic (exact) mass is 300 g/mol. The number of aryl methyl sites for hydroxylation is 1. The summed E-state index contributed by atoms with van der Waals surface area (Å²) in [6, 6.07) is 0.0992. The van der Waals surface area contributed by atoms with Crippen molar-refractivity contribution in [3.05, 3.63) is 11.4 Å². The van der Waals surface area contributed by atoms with E-state index in [1.807, 2.05) is 6.92 Å². The molecule has 1 aliphatic carbocycles. The first-order valence-electron chi connectivity index (χ1n) is 6.84. The Morgan fingerprint density at radius 3 is 2.65 bits per heavy atom. The molecule has 20 heavy (non-hydrogen) atoms. The van der Waals surface area contributed by atoms with Crippen molar-refractivity contribution >= 4 is 15.9 Å². The van der Waals surface area contributed by atoms with Crippen molar-refractivity contribution in [3.8, 4) is 0 Å². The Kier molecular flexibility index (Phi) is 4.44. The maximum Gasteiger partial charge on any atom is 0.273 e. The van der Waals surface area contributed by atoms with E-state index in [0.29, 0.717) is 12.1 Å². The Morgan fingerprint density at radius 1 is 1.45 bits per heavy atom. The van der Waals surface area contributed by atoms with Crippen LogP contribution in [0.3, 0.4) is 0 Å². The molecule has 1 aromatic heterocycles. The number of nitrogens with two attached hydrogens (primary N) is 1. The van der Waals surface area contributed by atoms with Gasteiger partial charge in [0.15, 0.2) is 5.69 Å². The van der Waals surface area contributed by atoms with Crippen LogP contribution in [0.15, 0.2) is 4.90 Å². The molecule has 1 aliphatic rings. The second kappa shape index (κ2) is 5.92. The van der Waals surface area contributed by atoms with Gasteiger partial charge in [-0.25, -0.2) is 13.6 Å². The summed E-state index contributed by atoms with van der Waals surface area (Å²) in [7, 11) is -3.98. The SMILES string of the molecule is CCCc1[nH]nc(C(=O)NC2CCCC2)c1S(N)(=O)=O. The highest BCUT2D eigenvalue weighted by molar-refractivity contribution is 7.89. The van der Waals surface area contributed by atoms with Crippen LogP contribution in [0.4, 0.5) is 0 Å². The van der Waals surface area contributed by atoms with Crippen molar-refractivity contribution in [2.75, 3.05) is 0 Å². The van der Waals surface area contributed by atoms with Crippen LogP contribution in [0.25, 0.3) is 0 Å². The van der Waals surface area contributed by atoms with Crippen LogP contribution in [-0.4, -0.2) is 30.6 Å². The van der Waals surface area contributed by atoms with Gasteiger partial charge in [0.1, 0.15) is 4.90 Å². The van der Waals surface area contributed by atoms with E-state index in [9.17, 15) is 13.2 Å². The molecule has 0 spiro atoms. The van der Waals surface area contributed by atoms with Gasteiger partial charge in [0.2, 0.25) is 10.0 Å². The number of aromatic nitrogens is 2. The van der Waals surface area contributed by atoms with Gasteiger partial charge in [-0.1, -0.05) is 26.2 Å². The van der Waals surface area contributed by atoms with Crippen molar-refractivity contribution in [1.82, 2.24) is 15.5 Å². The third kappa shape index (κ3) is 3.18. The zero-order chi connectivity index (χ0) is 14.8. The summed E-state index contributed by atoms with van der Waals surface area (Å²) < 4.78 is 23.4. The van der Waals surface area contributed by atoms with Crippen molar-refractivity contribution in [1.29, 1.82) is 0 Å². The number of nitrogens with zero attached hydrogens (tertiary/aromatic N) is 1. The van der Waals surface area contributed by atoms with Gasteiger partial charge in [0, 0.05) is 6.04 Å². The summed E-state index contributed by atoms with van der Waals surface area (Å²) in [5.41, 5.74) is 0.273. The minimum Gasteiger partial charge on any atom is -0.348 e. The first kappa shape index (κ1) is 15.0. The lowest BCUT2D eigenvalue weighted by Crippen LogP contribution is -2.34. The molecule has 0 aliphatic heterocycles. The molecule has 2 rings (SSSR count). The number of hydrogen-bond acceptors (Lipinski definition) is 4. The topological polar surface area (TPSA) is 118 Å². The van der Waals surface area contributed by atoms with Crippen LogP contribution in [0.1, 0.15) is 55.2 Å². The number of nitrogens with one attached hydrogen (secondary N) is 2. The number of sulfonamides is 1. The lowest BCUT2D eigenvalue weighted by Gasteiger charge is -2.11. The molecular weight excluding hydrogens is 280 g/mol. The van der Waals surface area contributed by atoms with E-state index in [2.05, 4.69) is 15.5 Å². The average molecular weight is 300 g/mol. The summed E-state index contributed by atoms with van der Waals surface area (Å²) in [4.78, 5) is 12.0. The van der Waals surface area contributed by atoms with Gasteiger partial charge < -0.3 is 5.32 Å². The fourth-order valence-corrected chi connectivity index (χ4v) is 3.47. The van der Waals surface area contributed by atoms with E-state index in [1.54, 1.807) is 0 Å². The standard InChI is InChI=1S/C12H20N4O3S/c1-2-5-9-11(20(13,18)19)10(16-15-9)12(17)14-8-6-3-4-7-8/h8H,2-7H2,1H3,(H,14,17)(H,15,16)(H2,13,18,19). The molecule has 0 saturated heterocycles. The van der Waals surface area contributed by atoms with E-state index < -0.39 is 15.9 Å². The fraction of sp³-hybridized carbons (Fsp3) is 0.667. The van der Waals surface area contributed by atoms with Gasteiger partial charge in [0.25, 0.3) is 5.91 Å². The Bertz CT molecular complexity index is 588. The van der Waals surface area contributed by atoms with E-state index in [4.69, 9.17) is 5.14 Å². The quantitative estimate of drug-likeness (QED) is 0.741. The second-order valence-corrected chi connectivity index (χ2v) is 6.63. The number of aromatic amines is 1. The molecule has 1 fully saturated rings. The van der Waals surface area contributed by atoms with Crippen LogP contribution in [0.5, 0.6) is 0 Å². The summed E-state index contributed by atoms with van der Waals surface area (Å²) >= 11 is 0. The smallest absolute Gasteiger partial charge is 0.273 e. The van der Waals surface area contributed by atoms with Crippen LogP contribution < -0.4 is 10.5 Å². The maximum absolute atomic E-state index is 12.2. The average Bonchev–Trinajstić information content (AvgIpc) is 2.97. The summed E-state index contributed by atoms with van der Waals surface area (Å²) in [6.45, 7) is 1.91. The molecule has 0 aromatic carbocycles. The number of primary sulfonamides is 1. The normalized spacial score (nSPS) is 16.5. The van der Waals surface area contributed by atoms with Gasteiger partial charge in [-0.2, -0.15) is 5.10 Å². The predicted molar refractivity (Wildman–Crippen MR) is 73.7 cm³/mol. The van der Waals surface area contributed by atoms with Crippen LogP contribution in [0.2, 0.25) is 0 Å².